The van der Waals surface area contributed by atoms with Crippen molar-refractivity contribution in [3.8, 4) is 6.07 Å². The highest BCUT2D eigenvalue weighted by molar-refractivity contribution is 5.79. The molecule has 0 fully saturated rings. The van der Waals surface area contributed by atoms with Crippen LogP contribution < -0.4 is 0 Å². The van der Waals surface area contributed by atoms with Gasteiger partial charge in [0.25, 0.3) is 0 Å². The van der Waals surface area contributed by atoms with Crippen LogP contribution in [0.3, 0.4) is 0 Å². The highest BCUT2D eigenvalue weighted by Gasteiger charge is 1.87. The van der Waals surface area contributed by atoms with Gasteiger partial charge in [-0.3, -0.25) is 4.99 Å². The summed E-state index contributed by atoms with van der Waals surface area (Å²) in [7, 11) is 0. The van der Waals surface area contributed by atoms with E-state index in [0.717, 1.165) is 5.56 Å². The summed E-state index contributed by atoms with van der Waals surface area (Å²) in [5.41, 5.74) is 2.32. The highest BCUT2D eigenvalue weighted by Crippen LogP contribution is 2.00. The molecule has 0 aliphatic heterocycles. The van der Waals surface area contributed by atoms with E-state index in [0.29, 0.717) is 13.0 Å². The van der Waals surface area contributed by atoms with Crippen LogP contribution in [0.2, 0.25) is 0 Å². The molecule has 1 aromatic carbocycles. The zero-order valence-corrected chi connectivity index (χ0v) is 7.70. The summed E-state index contributed by atoms with van der Waals surface area (Å²) in [4.78, 5) is 4.12. The SMILES string of the molecule is Cc1cccc(C=NCCC#N)c1. The molecule has 0 saturated carbocycles. The van der Waals surface area contributed by atoms with Gasteiger partial charge < -0.3 is 0 Å². The Morgan fingerprint density at radius 2 is 2.38 bits per heavy atom. The molecule has 2 nitrogen and oxygen atoms in total. The first kappa shape index (κ1) is 9.47. The third kappa shape index (κ3) is 3.53. The molecule has 0 atom stereocenters. The van der Waals surface area contributed by atoms with Crippen molar-refractivity contribution in [3.05, 3.63) is 35.4 Å². The molecular weight excluding hydrogens is 160 g/mol. The van der Waals surface area contributed by atoms with Crippen LogP contribution in [0.1, 0.15) is 17.5 Å². The number of aryl methyl sites for hydroxylation is 1. The fraction of sp³-hybridized carbons (Fsp3) is 0.273. The minimum atomic E-state index is 0.488. The van der Waals surface area contributed by atoms with Gasteiger partial charge in [-0.1, -0.05) is 29.8 Å². The molecule has 0 N–H and O–H groups in total. The molecule has 66 valence electrons. The Hall–Kier alpha value is -1.62. The molecule has 0 aliphatic carbocycles. The van der Waals surface area contributed by atoms with Crippen molar-refractivity contribution in [1.29, 1.82) is 5.26 Å². The third-order valence-electron chi connectivity index (χ3n) is 1.64. The second-order valence-corrected chi connectivity index (χ2v) is 2.86. The van der Waals surface area contributed by atoms with Crippen molar-refractivity contribution >= 4 is 6.21 Å². The quantitative estimate of drug-likeness (QED) is 0.509. The van der Waals surface area contributed by atoms with E-state index in [4.69, 9.17) is 5.26 Å². The molecule has 0 bridgehead atoms. The minimum Gasteiger partial charge on any atom is -0.291 e. The average Bonchev–Trinajstić information content (AvgIpc) is 2.13. The lowest BCUT2D eigenvalue weighted by atomic mass is 10.2. The van der Waals surface area contributed by atoms with E-state index in [1.807, 2.05) is 31.3 Å². The van der Waals surface area contributed by atoms with Gasteiger partial charge in [0.05, 0.1) is 19.0 Å². The molecule has 0 spiro atoms. The number of nitriles is 1. The molecule has 0 amide bonds. The summed E-state index contributed by atoms with van der Waals surface area (Å²) in [6.45, 7) is 2.64. The predicted octanol–water partition coefficient (Wildman–Crippen LogP) is 2.33. The zero-order chi connectivity index (χ0) is 9.52. The van der Waals surface area contributed by atoms with Gasteiger partial charge in [0, 0.05) is 6.21 Å². The van der Waals surface area contributed by atoms with Crippen LogP contribution in [0.15, 0.2) is 29.3 Å². The van der Waals surface area contributed by atoms with Crippen LogP contribution in [-0.4, -0.2) is 12.8 Å². The Morgan fingerprint density at radius 1 is 1.54 bits per heavy atom. The normalized spacial score (nSPS) is 10.2. The third-order valence-corrected chi connectivity index (χ3v) is 1.64. The average molecular weight is 172 g/mol. The fourth-order valence-corrected chi connectivity index (χ4v) is 1.03. The van der Waals surface area contributed by atoms with Crippen LogP contribution >= 0.6 is 0 Å². The lowest BCUT2D eigenvalue weighted by Gasteiger charge is -1.93. The summed E-state index contributed by atoms with van der Waals surface area (Å²) < 4.78 is 0. The van der Waals surface area contributed by atoms with Gasteiger partial charge >= 0.3 is 0 Å². The van der Waals surface area contributed by atoms with Gasteiger partial charge in [-0.2, -0.15) is 5.26 Å². The van der Waals surface area contributed by atoms with E-state index in [9.17, 15) is 0 Å². The van der Waals surface area contributed by atoms with E-state index in [-0.39, 0.29) is 0 Å². The van der Waals surface area contributed by atoms with Crippen LogP contribution in [0, 0.1) is 18.3 Å². The molecule has 0 aliphatic rings. The largest absolute Gasteiger partial charge is 0.291 e. The van der Waals surface area contributed by atoms with E-state index in [1.54, 1.807) is 0 Å². The molecule has 0 radical (unpaired) electrons. The number of rotatable bonds is 3. The Morgan fingerprint density at radius 3 is 3.08 bits per heavy atom. The van der Waals surface area contributed by atoms with E-state index in [2.05, 4.69) is 17.1 Å². The lowest BCUT2D eigenvalue weighted by Crippen LogP contribution is -1.84. The maximum atomic E-state index is 8.28. The molecule has 0 saturated heterocycles. The van der Waals surface area contributed by atoms with Crippen LogP contribution in [-0.2, 0) is 0 Å². The Labute approximate surface area is 78.5 Å². The highest BCUT2D eigenvalue weighted by atomic mass is 14.7. The maximum Gasteiger partial charge on any atom is 0.0641 e. The van der Waals surface area contributed by atoms with Crippen LogP contribution in [0.25, 0.3) is 0 Å². The zero-order valence-electron chi connectivity index (χ0n) is 7.70. The Balaban J connectivity index is 2.54. The van der Waals surface area contributed by atoms with Crippen molar-refractivity contribution in [2.45, 2.75) is 13.3 Å². The van der Waals surface area contributed by atoms with Gasteiger partial charge in [0.1, 0.15) is 0 Å². The smallest absolute Gasteiger partial charge is 0.0641 e. The predicted molar refractivity (Wildman–Crippen MR) is 53.9 cm³/mol. The summed E-state index contributed by atoms with van der Waals surface area (Å²) in [6.07, 6.45) is 2.30. The van der Waals surface area contributed by atoms with Crippen molar-refractivity contribution < 1.29 is 0 Å². The molecule has 0 heterocycles. The first-order valence-corrected chi connectivity index (χ1v) is 4.26. The molecule has 0 aromatic heterocycles. The molecule has 13 heavy (non-hydrogen) atoms. The molecule has 1 rings (SSSR count). The van der Waals surface area contributed by atoms with Crippen molar-refractivity contribution in [2.75, 3.05) is 6.54 Å². The van der Waals surface area contributed by atoms with E-state index >= 15 is 0 Å². The van der Waals surface area contributed by atoms with Gasteiger partial charge in [-0.05, 0) is 12.5 Å². The van der Waals surface area contributed by atoms with Gasteiger partial charge in [-0.25, -0.2) is 0 Å². The van der Waals surface area contributed by atoms with Gasteiger partial charge in [-0.15, -0.1) is 0 Å². The standard InChI is InChI=1S/C11H12N2/c1-10-4-2-5-11(8-10)9-13-7-3-6-12/h2,4-5,8-9H,3,7H2,1H3. The summed E-state index contributed by atoms with van der Waals surface area (Å²) in [5.74, 6) is 0. The topological polar surface area (TPSA) is 36.1 Å². The number of aliphatic imine (C=N–C) groups is 1. The Kier molecular flexibility index (Phi) is 3.72. The van der Waals surface area contributed by atoms with E-state index in [1.165, 1.54) is 5.56 Å². The first-order chi connectivity index (χ1) is 6.33. The molecule has 2 heteroatoms. The van der Waals surface area contributed by atoms with Gasteiger partial charge in [0.2, 0.25) is 0 Å². The van der Waals surface area contributed by atoms with Crippen LogP contribution in [0.4, 0.5) is 0 Å². The molecular formula is C11H12N2. The summed E-state index contributed by atoms with van der Waals surface area (Å²) in [6, 6.07) is 10.2. The maximum absolute atomic E-state index is 8.28. The fourth-order valence-electron chi connectivity index (χ4n) is 1.03. The minimum absolute atomic E-state index is 0.488. The molecule has 1 aromatic rings. The van der Waals surface area contributed by atoms with Gasteiger partial charge in [0.15, 0.2) is 0 Å². The number of benzene rings is 1. The number of nitrogens with zero attached hydrogens (tertiary/aromatic N) is 2. The second kappa shape index (κ2) is 5.10. The monoisotopic (exact) mass is 172 g/mol. The number of hydrogen-bond donors (Lipinski definition) is 0. The number of hydrogen-bond acceptors (Lipinski definition) is 2. The van der Waals surface area contributed by atoms with Crippen molar-refractivity contribution in [1.82, 2.24) is 0 Å². The second-order valence-electron chi connectivity index (χ2n) is 2.86. The first-order valence-electron chi connectivity index (χ1n) is 4.26. The lowest BCUT2D eigenvalue weighted by molar-refractivity contribution is 1.02. The Bertz CT molecular complexity index is 334. The van der Waals surface area contributed by atoms with Crippen molar-refractivity contribution in [2.24, 2.45) is 4.99 Å². The van der Waals surface area contributed by atoms with Crippen LogP contribution in [0.5, 0.6) is 0 Å². The summed E-state index contributed by atoms with van der Waals surface area (Å²) >= 11 is 0. The molecule has 0 unspecified atom stereocenters. The van der Waals surface area contributed by atoms with Crippen molar-refractivity contribution in [3.63, 3.8) is 0 Å². The van der Waals surface area contributed by atoms with E-state index < -0.39 is 0 Å². The summed E-state index contributed by atoms with van der Waals surface area (Å²) in [5, 5.41) is 8.28.